The molecule has 2 N–H and O–H groups in total. The molecule has 2 aromatic rings. The molecule has 0 aliphatic carbocycles. The second-order valence-corrected chi connectivity index (χ2v) is 4.24. The summed E-state index contributed by atoms with van der Waals surface area (Å²) in [6, 6.07) is 7.80. The lowest BCUT2D eigenvalue weighted by molar-refractivity contribution is 0.0660. The Balaban J connectivity index is 2.02. The van der Waals surface area contributed by atoms with Gasteiger partial charge in [0.2, 0.25) is 5.76 Å². The summed E-state index contributed by atoms with van der Waals surface area (Å²) in [4.78, 5) is 10.9. The fourth-order valence-corrected chi connectivity index (χ4v) is 1.82. The van der Waals surface area contributed by atoms with Crippen LogP contribution in [0.5, 0.6) is 0 Å². The minimum Gasteiger partial charge on any atom is -0.475 e. The van der Waals surface area contributed by atoms with Crippen LogP contribution in [0.1, 0.15) is 34.6 Å². The number of halogens is 1. The molecule has 0 aliphatic rings. The van der Waals surface area contributed by atoms with Crippen LogP contribution in [0.2, 0.25) is 0 Å². The van der Waals surface area contributed by atoms with Crippen LogP contribution in [0.25, 0.3) is 0 Å². The first kappa shape index (κ1) is 13.3. The molecule has 0 aliphatic heterocycles. The van der Waals surface area contributed by atoms with E-state index in [1.165, 1.54) is 18.4 Å². The molecule has 0 spiro atoms. The molecule has 1 aromatic heterocycles. The number of hydrogen-bond donors (Lipinski definition) is 2. The van der Waals surface area contributed by atoms with Crippen LogP contribution >= 0.6 is 0 Å². The Bertz CT molecular complexity index is 580. The Morgan fingerprint density at radius 1 is 1.47 bits per heavy atom. The van der Waals surface area contributed by atoms with Gasteiger partial charge in [0, 0.05) is 18.2 Å². The number of rotatable bonds is 5. The van der Waals surface area contributed by atoms with E-state index >= 15 is 0 Å². The average molecular weight is 263 g/mol. The number of nitrogens with one attached hydrogen (secondary N) is 1. The number of carbonyl (C=O) groups is 1. The van der Waals surface area contributed by atoms with Gasteiger partial charge in [-0.1, -0.05) is 12.1 Å². The van der Waals surface area contributed by atoms with Crippen LogP contribution < -0.4 is 5.32 Å². The summed E-state index contributed by atoms with van der Waals surface area (Å²) in [5, 5.41) is 12.0. The van der Waals surface area contributed by atoms with Crippen molar-refractivity contribution >= 4 is 5.97 Å². The second-order valence-electron chi connectivity index (χ2n) is 4.24. The first-order valence-electron chi connectivity index (χ1n) is 5.86. The van der Waals surface area contributed by atoms with Crippen molar-refractivity contribution in [1.82, 2.24) is 5.32 Å². The van der Waals surface area contributed by atoms with Crippen LogP contribution in [-0.4, -0.2) is 11.1 Å². The fraction of sp³-hybridized carbons (Fsp3) is 0.214. The van der Waals surface area contributed by atoms with E-state index in [2.05, 4.69) is 5.32 Å². The van der Waals surface area contributed by atoms with Gasteiger partial charge in [-0.05, 0) is 30.7 Å². The second kappa shape index (κ2) is 5.67. The molecule has 1 atom stereocenters. The van der Waals surface area contributed by atoms with Crippen LogP contribution in [0.15, 0.2) is 41.0 Å². The third kappa shape index (κ3) is 3.20. The van der Waals surface area contributed by atoms with E-state index in [0.29, 0.717) is 12.1 Å². The molecule has 19 heavy (non-hydrogen) atoms. The molecule has 0 fully saturated rings. The smallest absolute Gasteiger partial charge is 0.372 e. The lowest BCUT2D eigenvalue weighted by Crippen LogP contribution is -2.19. The van der Waals surface area contributed by atoms with Crippen molar-refractivity contribution in [2.75, 3.05) is 0 Å². The van der Waals surface area contributed by atoms with Gasteiger partial charge in [0.1, 0.15) is 5.82 Å². The predicted molar refractivity (Wildman–Crippen MR) is 67.3 cm³/mol. The minimum absolute atomic E-state index is 0.0704. The minimum atomic E-state index is -1.10. The molecule has 1 heterocycles. The van der Waals surface area contributed by atoms with Crippen molar-refractivity contribution in [1.29, 1.82) is 0 Å². The van der Waals surface area contributed by atoms with Gasteiger partial charge in [-0.3, -0.25) is 0 Å². The SMILES string of the molecule is C[C@H](NCc1ccoc1C(=O)O)c1cccc(F)c1. The molecule has 0 unspecified atom stereocenters. The normalized spacial score (nSPS) is 12.3. The van der Waals surface area contributed by atoms with E-state index in [0.717, 1.165) is 5.56 Å². The van der Waals surface area contributed by atoms with Crippen molar-refractivity contribution in [3.8, 4) is 0 Å². The third-order valence-corrected chi connectivity index (χ3v) is 2.89. The van der Waals surface area contributed by atoms with Gasteiger partial charge in [0.15, 0.2) is 0 Å². The molecule has 1 aromatic carbocycles. The summed E-state index contributed by atoms with van der Waals surface area (Å²) in [5.74, 6) is -1.46. The Morgan fingerprint density at radius 2 is 2.26 bits per heavy atom. The number of carboxylic acid groups (broad SMARTS) is 1. The monoisotopic (exact) mass is 263 g/mol. The highest BCUT2D eigenvalue weighted by Crippen LogP contribution is 2.16. The predicted octanol–water partition coefficient (Wildman–Crippen LogP) is 2.97. The van der Waals surface area contributed by atoms with Gasteiger partial charge in [0.05, 0.1) is 6.26 Å². The molecule has 0 radical (unpaired) electrons. The summed E-state index contributed by atoms with van der Waals surface area (Å²) >= 11 is 0. The van der Waals surface area contributed by atoms with Crippen LogP contribution in [0.4, 0.5) is 4.39 Å². The molecule has 5 heteroatoms. The molecule has 0 saturated carbocycles. The highest BCUT2D eigenvalue weighted by Gasteiger charge is 2.14. The summed E-state index contributed by atoms with van der Waals surface area (Å²) in [5.41, 5.74) is 1.37. The first-order valence-corrected chi connectivity index (χ1v) is 5.86. The topological polar surface area (TPSA) is 62.5 Å². The van der Waals surface area contributed by atoms with Crippen molar-refractivity contribution in [3.63, 3.8) is 0 Å². The standard InChI is InChI=1S/C14H14FNO3/c1-9(10-3-2-4-12(15)7-10)16-8-11-5-6-19-13(11)14(17)18/h2-7,9,16H,8H2,1H3,(H,17,18)/t9-/m0/s1. The average Bonchev–Trinajstić information content (AvgIpc) is 2.84. The van der Waals surface area contributed by atoms with Crippen LogP contribution in [0.3, 0.4) is 0 Å². The van der Waals surface area contributed by atoms with E-state index in [9.17, 15) is 9.18 Å². The van der Waals surface area contributed by atoms with Gasteiger partial charge in [-0.2, -0.15) is 0 Å². The number of furan rings is 1. The van der Waals surface area contributed by atoms with Crippen LogP contribution in [-0.2, 0) is 6.54 Å². The number of carboxylic acids is 1. The third-order valence-electron chi connectivity index (χ3n) is 2.89. The summed E-state index contributed by atoms with van der Waals surface area (Å²) < 4.78 is 18.0. The fourth-order valence-electron chi connectivity index (χ4n) is 1.82. The molecule has 0 bridgehead atoms. The molecule has 0 saturated heterocycles. The molecule has 100 valence electrons. The zero-order valence-electron chi connectivity index (χ0n) is 10.4. The lowest BCUT2D eigenvalue weighted by Gasteiger charge is -2.13. The van der Waals surface area contributed by atoms with E-state index < -0.39 is 5.97 Å². The van der Waals surface area contributed by atoms with Crippen molar-refractivity contribution < 1.29 is 18.7 Å². The van der Waals surface area contributed by atoms with E-state index in [-0.39, 0.29) is 17.6 Å². The van der Waals surface area contributed by atoms with Gasteiger partial charge < -0.3 is 14.8 Å². The van der Waals surface area contributed by atoms with Crippen LogP contribution in [0, 0.1) is 5.82 Å². The van der Waals surface area contributed by atoms with Crippen molar-refractivity contribution in [2.45, 2.75) is 19.5 Å². The molecular weight excluding hydrogens is 249 g/mol. The zero-order chi connectivity index (χ0) is 13.8. The maximum atomic E-state index is 13.1. The quantitative estimate of drug-likeness (QED) is 0.870. The van der Waals surface area contributed by atoms with E-state index in [4.69, 9.17) is 9.52 Å². The molecular formula is C14H14FNO3. The first-order chi connectivity index (χ1) is 9.08. The summed E-state index contributed by atoms with van der Waals surface area (Å²) in [7, 11) is 0. The zero-order valence-corrected chi connectivity index (χ0v) is 10.4. The molecule has 2 rings (SSSR count). The van der Waals surface area contributed by atoms with Gasteiger partial charge in [-0.15, -0.1) is 0 Å². The van der Waals surface area contributed by atoms with E-state index in [1.54, 1.807) is 12.1 Å². The van der Waals surface area contributed by atoms with Gasteiger partial charge >= 0.3 is 5.97 Å². The molecule has 0 amide bonds. The van der Waals surface area contributed by atoms with Gasteiger partial charge in [0.25, 0.3) is 0 Å². The number of hydrogen-bond acceptors (Lipinski definition) is 3. The van der Waals surface area contributed by atoms with Crippen molar-refractivity contribution in [2.24, 2.45) is 0 Å². The van der Waals surface area contributed by atoms with Crippen molar-refractivity contribution in [3.05, 3.63) is 59.3 Å². The maximum absolute atomic E-state index is 13.1. The van der Waals surface area contributed by atoms with E-state index in [1.807, 2.05) is 13.0 Å². The highest BCUT2D eigenvalue weighted by atomic mass is 19.1. The number of benzene rings is 1. The largest absolute Gasteiger partial charge is 0.475 e. The highest BCUT2D eigenvalue weighted by molar-refractivity contribution is 5.86. The Kier molecular flexibility index (Phi) is 3.97. The maximum Gasteiger partial charge on any atom is 0.372 e. The number of aromatic carboxylic acids is 1. The molecule has 4 nitrogen and oxygen atoms in total. The Labute approximate surface area is 109 Å². The summed E-state index contributed by atoms with van der Waals surface area (Å²) in [6.07, 6.45) is 1.34. The van der Waals surface area contributed by atoms with Gasteiger partial charge in [-0.25, -0.2) is 9.18 Å². The Morgan fingerprint density at radius 3 is 2.95 bits per heavy atom. The summed E-state index contributed by atoms with van der Waals surface area (Å²) in [6.45, 7) is 2.23. The Hall–Kier alpha value is -2.14. The lowest BCUT2D eigenvalue weighted by atomic mass is 10.1.